The zero-order valence-corrected chi connectivity index (χ0v) is 7.88. The van der Waals surface area contributed by atoms with Crippen molar-refractivity contribution in [3.63, 3.8) is 0 Å². The van der Waals surface area contributed by atoms with Crippen molar-refractivity contribution in [2.24, 2.45) is 0 Å². The average molecular weight is 208 g/mol. The molecule has 76 valence electrons. The highest BCUT2D eigenvalue weighted by atomic mass is 32.2. The van der Waals surface area contributed by atoms with Crippen molar-refractivity contribution in [3.05, 3.63) is 0 Å². The van der Waals surface area contributed by atoms with Gasteiger partial charge in [0, 0.05) is 6.42 Å². The summed E-state index contributed by atoms with van der Waals surface area (Å²) in [5.74, 6) is -1.59. The summed E-state index contributed by atoms with van der Waals surface area (Å²) < 4.78 is 22.2. The molecule has 0 radical (unpaired) electrons. The van der Waals surface area contributed by atoms with E-state index in [1.165, 1.54) is 0 Å². The van der Waals surface area contributed by atoms with E-state index in [0.29, 0.717) is 0 Å². The third-order valence-electron chi connectivity index (χ3n) is 2.27. The summed E-state index contributed by atoms with van der Waals surface area (Å²) in [6, 6.07) is 0. The second-order valence-electron chi connectivity index (χ2n) is 3.34. The molecule has 1 heterocycles. The molecule has 1 saturated heterocycles. The van der Waals surface area contributed by atoms with Crippen molar-refractivity contribution < 1.29 is 23.4 Å². The monoisotopic (exact) mass is 208 g/mol. The molecular weight excluding hydrogens is 196 g/mol. The Morgan fingerprint density at radius 1 is 1.23 bits per heavy atom. The lowest BCUT2D eigenvalue weighted by Crippen LogP contribution is -2.38. The van der Waals surface area contributed by atoms with Crippen molar-refractivity contribution in [1.29, 1.82) is 0 Å². The normalized spacial score (nSPS) is 33.6. The quantitative estimate of drug-likeness (QED) is 0.600. The highest BCUT2D eigenvalue weighted by Crippen LogP contribution is 2.23. The number of hydrogen-bond acceptors (Lipinski definition) is 4. The number of aliphatic hydroxyl groups is 1. The first-order valence-electron chi connectivity index (χ1n) is 4.02. The van der Waals surface area contributed by atoms with Crippen LogP contribution in [0.4, 0.5) is 0 Å². The first kappa shape index (κ1) is 10.5. The van der Waals surface area contributed by atoms with Gasteiger partial charge in [-0.15, -0.1) is 0 Å². The van der Waals surface area contributed by atoms with Crippen molar-refractivity contribution in [2.45, 2.75) is 24.9 Å². The third-order valence-corrected chi connectivity index (χ3v) is 4.01. The van der Waals surface area contributed by atoms with Crippen LogP contribution in [-0.2, 0) is 14.6 Å². The van der Waals surface area contributed by atoms with Crippen LogP contribution in [0.3, 0.4) is 0 Å². The van der Waals surface area contributed by atoms with Crippen molar-refractivity contribution in [3.8, 4) is 0 Å². The van der Waals surface area contributed by atoms with Gasteiger partial charge in [0.05, 0.1) is 11.5 Å². The molecule has 5 nitrogen and oxygen atoms in total. The smallest absolute Gasteiger partial charge is 0.335 e. The van der Waals surface area contributed by atoms with Crippen molar-refractivity contribution >= 4 is 15.8 Å². The summed E-state index contributed by atoms with van der Waals surface area (Å²) in [5, 5.41) is 18.1. The zero-order chi connectivity index (χ0) is 10.1. The van der Waals surface area contributed by atoms with Crippen LogP contribution >= 0.6 is 0 Å². The molecule has 2 N–H and O–H groups in total. The minimum atomic E-state index is -3.15. The molecule has 1 unspecified atom stereocenters. The molecule has 1 fully saturated rings. The van der Waals surface area contributed by atoms with Crippen molar-refractivity contribution in [2.75, 3.05) is 11.5 Å². The topological polar surface area (TPSA) is 91.7 Å². The van der Waals surface area contributed by atoms with Crippen LogP contribution in [0.15, 0.2) is 0 Å². The Morgan fingerprint density at radius 2 is 1.85 bits per heavy atom. The number of carboxylic acids is 1. The lowest BCUT2D eigenvalue weighted by Gasteiger charge is -2.19. The van der Waals surface area contributed by atoms with E-state index in [9.17, 15) is 18.3 Å². The van der Waals surface area contributed by atoms with E-state index in [2.05, 4.69) is 0 Å². The number of aliphatic carboxylic acids is 1. The van der Waals surface area contributed by atoms with Crippen LogP contribution in [-0.4, -0.2) is 41.7 Å². The zero-order valence-electron chi connectivity index (χ0n) is 7.06. The van der Waals surface area contributed by atoms with Gasteiger partial charge in [0.2, 0.25) is 0 Å². The maximum absolute atomic E-state index is 11.1. The number of rotatable bonds is 1. The fraction of sp³-hybridized carbons (Fsp3) is 0.857. The minimum absolute atomic E-state index is 0.0154. The first-order chi connectivity index (χ1) is 5.86. The fourth-order valence-corrected chi connectivity index (χ4v) is 2.79. The Labute approximate surface area is 76.3 Å². The molecule has 0 aliphatic carbocycles. The SMILES string of the molecule is O=C(O)C1(O)CCCS(=O)(=O)CC1. The van der Waals surface area contributed by atoms with Gasteiger partial charge in [-0.05, 0) is 12.8 Å². The van der Waals surface area contributed by atoms with Gasteiger partial charge in [0.15, 0.2) is 5.60 Å². The Balaban J connectivity index is 2.81. The predicted octanol–water partition coefficient (Wildman–Crippen LogP) is -0.599. The largest absolute Gasteiger partial charge is 0.479 e. The molecule has 1 rings (SSSR count). The van der Waals surface area contributed by atoms with Gasteiger partial charge in [0.1, 0.15) is 9.84 Å². The maximum Gasteiger partial charge on any atom is 0.335 e. The maximum atomic E-state index is 11.1. The molecule has 0 bridgehead atoms. The van der Waals surface area contributed by atoms with E-state index in [-0.39, 0.29) is 30.8 Å². The highest BCUT2D eigenvalue weighted by molar-refractivity contribution is 7.91. The molecule has 0 aromatic rings. The summed E-state index contributed by atoms with van der Waals surface area (Å²) in [7, 11) is -3.15. The summed E-state index contributed by atoms with van der Waals surface area (Å²) in [5.41, 5.74) is -1.84. The summed E-state index contributed by atoms with van der Waals surface area (Å²) in [6.07, 6.45) is 0.0252. The van der Waals surface area contributed by atoms with Crippen LogP contribution < -0.4 is 0 Å². The van der Waals surface area contributed by atoms with Gasteiger partial charge < -0.3 is 10.2 Å². The lowest BCUT2D eigenvalue weighted by molar-refractivity contribution is -0.159. The number of carboxylic acid groups (broad SMARTS) is 1. The molecule has 0 aromatic carbocycles. The fourth-order valence-electron chi connectivity index (χ4n) is 1.35. The van der Waals surface area contributed by atoms with Gasteiger partial charge in [-0.3, -0.25) is 0 Å². The van der Waals surface area contributed by atoms with Gasteiger partial charge >= 0.3 is 5.97 Å². The molecule has 0 aromatic heterocycles. The van der Waals surface area contributed by atoms with Crippen LogP contribution in [0.2, 0.25) is 0 Å². The van der Waals surface area contributed by atoms with E-state index < -0.39 is 21.4 Å². The number of sulfone groups is 1. The highest BCUT2D eigenvalue weighted by Gasteiger charge is 2.39. The third kappa shape index (κ3) is 2.41. The van der Waals surface area contributed by atoms with Crippen LogP contribution in [0.1, 0.15) is 19.3 Å². The van der Waals surface area contributed by atoms with Crippen LogP contribution in [0.25, 0.3) is 0 Å². The van der Waals surface area contributed by atoms with E-state index in [0.717, 1.165) is 0 Å². The summed E-state index contributed by atoms with van der Waals surface area (Å²) >= 11 is 0. The molecule has 0 spiro atoms. The van der Waals surface area contributed by atoms with E-state index >= 15 is 0 Å². The lowest BCUT2D eigenvalue weighted by atomic mass is 9.95. The molecule has 1 atom stereocenters. The molecule has 1 aliphatic heterocycles. The van der Waals surface area contributed by atoms with Crippen molar-refractivity contribution in [1.82, 2.24) is 0 Å². The number of carbonyl (C=O) groups is 1. The van der Waals surface area contributed by atoms with Crippen LogP contribution in [0.5, 0.6) is 0 Å². The van der Waals surface area contributed by atoms with Gasteiger partial charge in [0.25, 0.3) is 0 Å². The standard InChI is InChI=1S/C7H12O5S/c8-6(9)7(10)2-1-4-13(11,12)5-3-7/h10H,1-5H2,(H,8,9). The number of hydrogen-bond donors (Lipinski definition) is 2. The Bertz CT molecular complexity index is 307. The first-order valence-corrected chi connectivity index (χ1v) is 5.84. The molecule has 0 amide bonds. The molecular formula is C7H12O5S. The van der Waals surface area contributed by atoms with E-state index in [1.54, 1.807) is 0 Å². The Morgan fingerprint density at radius 3 is 2.38 bits per heavy atom. The Hall–Kier alpha value is -0.620. The van der Waals surface area contributed by atoms with E-state index in [4.69, 9.17) is 5.11 Å². The second kappa shape index (κ2) is 3.26. The van der Waals surface area contributed by atoms with Gasteiger partial charge in [-0.1, -0.05) is 0 Å². The van der Waals surface area contributed by atoms with Gasteiger partial charge in [-0.2, -0.15) is 0 Å². The molecule has 6 heteroatoms. The van der Waals surface area contributed by atoms with E-state index in [1.807, 2.05) is 0 Å². The van der Waals surface area contributed by atoms with Gasteiger partial charge in [-0.25, -0.2) is 13.2 Å². The molecule has 0 saturated carbocycles. The Kier molecular flexibility index (Phi) is 2.63. The second-order valence-corrected chi connectivity index (χ2v) is 5.65. The molecule has 13 heavy (non-hydrogen) atoms. The predicted molar refractivity (Wildman–Crippen MR) is 45.1 cm³/mol. The molecule has 1 aliphatic rings. The summed E-state index contributed by atoms with van der Waals surface area (Å²) in [6.45, 7) is 0. The average Bonchev–Trinajstić information content (AvgIpc) is 2.12. The van der Waals surface area contributed by atoms with Crippen LogP contribution in [0, 0.1) is 0 Å². The summed E-state index contributed by atoms with van der Waals surface area (Å²) in [4.78, 5) is 10.6. The minimum Gasteiger partial charge on any atom is -0.479 e.